The normalized spacial score (nSPS) is 11.1. The highest BCUT2D eigenvalue weighted by atomic mass is 16.1. The zero-order valence-corrected chi connectivity index (χ0v) is 17.5. The van der Waals surface area contributed by atoms with E-state index in [0.29, 0.717) is 11.3 Å². The molecule has 0 spiro atoms. The highest BCUT2D eigenvalue weighted by molar-refractivity contribution is 5.98. The third-order valence-electron chi connectivity index (χ3n) is 5.37. The molecule has 6 nitrogen and oxygen atoms in total. The van der Waals surface area contributed by atoms with Crippen LogP contribution in [0.15, 0.2) is 97.1 Å². The van der Waals surface area contributed by atoms with Gasteiger partial charge >= 0.3 is 0 Å². The number of anilines is 1. The molecule has 0 atom stereocenters. The number of rotatable bonds is 5. The number of carbonyl (C=O) groups is 1. The lowest BCUT2D eigenvalue weighted by molar-refractivity contribution is -0.116. The van der Waals surface area contributed by atoms with Crippen LogP contribution in [0.1, 0.15) is 22.9 Å². The summed E-state index contributed by atoms with van der Waals surface area (Å²) in [6, 6.07) is 31.1. The monoisotopic (exact) mass is 419 g/mol. The van der Waals surface area contributed by atoms with E-state index in [1.54, 1.807) is 4.52 Å². The SMILES string of the molecule is Cc1nnc2ccc(-c3cccc(NC(=O)C(c4ccccc4)c4ccccc4)c3)nn12. The molecule has 1 N–H and O–H groups in total. The average Bonchev–Trinajstić information content (AvgIpc) is 3.21. The molecule has 32 heavy (non-hydrogen) atoms. The van der Waals surface area contributed by atoms with Crippen molar-refractivity contribution in [2.24, 2.45) is 0 Å². The van der Waals surface area contributed by atoms with Gasteiger partial charge < -0.3 is 5.32 Å². The average molecular weight is 419 g/mol. The van der Waals surface area contributed by atoms with Crippen LogP contribution in [0.2, 0.25) is 0 Å². The van der Waals surface area contributed by atoms with Crippen LogP contribution in [0.3, 0.4) is 0 Å². The molecule has 0 bridgehead atoms. The van der Waals surface area contributed by atoms with Gasteiger partial charge in [0.1, 0.15) is 0 Å². The van der Waals surface area contributed by atoms with Crippen molar-refractivity contribution in [3.8, 4) is 11.3 Å². The van der Waals surface area contributed by atoms with E-state index in [-0.39, 0.29) is 5.91 Å². The van der Waals surface area contributed by atoms with E-state index in [9.17, 15) is 4.79 Å². The van der Waals surface area contributed by atoms with Gasteiger partial charge in [0.05, 0.1) is 11.6 Å². The van der Waals surface area contributed by atoms with E-state index in [1.165, 1.54) is 0 Å². The van der Waals surface area contributed by atoms with Crippen molar-refractivity contribution in [2.75, 3.05) is 5.32 Å². The van der Waals surface area contributed by atoms with E-state index in [1.807, 2.05) is 104 Å². The Labute approximate surface area is 185 Å². The Bertz CT molecular complexity index is 1340. The predicted molar refractivity (Wildman–Crippen MR) is 124 cm³/mol. The van der Waals surface area contributed by atoms with Crippen molar-refractivity contribution in [1.29, 1.82) is 0 Å². The standard InChI is InChI=1S/C26H21N5O/c1-18-28-29-24-16-15-23(30-31(18)24)21-13-8-14-22(17-21)27-26(32)25(19-9-4-2-5-10-19)20-11-6-3-7-12-20/h2-17,25H,1H3,(H,27,32). The summed E-state index contributed by atoms with van der Waals surface area (Å²) in [5, 5.41) is 15.9. The lowest BCUT2D eigenvalue weighted by atomic mass is 9.90. The number of hydrogen-bond acceptors (Lipinski definition) is 4. The minimum absolute atomic E-state index is 0.0855. The molecule has 0 unspecified atom stereocenters. The number of amides is 1. The van der Waals surface area contributed by atoms with E-state index in [0.717, 1.165) is 28.2 Å². The summed E-state index contributed by atoms with van der Waals surface area (Å²) in [7, 11) is 0. The third kappa shape index (κ3) is 3.86. The lowest BCUT2D eigenvalue weighted by Gasteiger charge is -2.18. The Kier molecular flexibility index (Phi) is 5.17. The maximum atomic E-state index is 13.4. The zero-order valence-electron chi connectivity index (χ0n) is 17.5. The first-order chi connectivity index (χ1) is 15.7. The van der Waals surface area contributed by atoms with Crippen molar-refractivity contribution in [3.63, 3.8) is 0 Å². The Morgan fingerprint density at radius 2 is 1.50 bits per heavy atom. The van der Waals surface area contributed by atoms with Crippen LogP contribution in [-0.2, 0) is 4.79 Å². The molecule has 5 aromatic rings. The van der Waals surface area contributed by atoms with Gasteiger partial charge in [0.15, 0.2) is 11.5 Å². The minimum atomic E-state index is -0.407. The Hall–Kier alpha value is -4.32. The highest BCUT2D eigenvalue weighted by Crippen LogP contribution is 2.27. The molecular formula is C26H21N5O. The van der Waals surface area contributed by atoms with Gasteiger partial charge in [-0.05, 0) is 42.3 Å². The molecule has 0 radical (unpaired) electrons. The minimum Gasteiger partial charge on any atom is -0.325 e. The number of carbonyl (C=O) groups excluding carboxylic acids is 1. The maximum Gasteiger partial charge on any atom is 0.236 e. The van der Waals surface area contributed by atoms with Crippen LogP contribution in [-0.4, -0.2) is 25.7 Å². The number of benzene rings is 3. The van der Waals surface area contributed by atoms with Crippen LogP contribution in [0.25, 0.3) is 16.9 Å². The van der Waals surface area contributed by atoms with Crippen LogP contribution < -0.4 is 5.32 Å². The van der Waals surface area contributed by atoms with Gasteiger partial charge in [0, 0.05) is 11.3 Å². The maximum absolute atomic E-state index is 13.4. The van der Waals surface area contributed by atoms with Crippen LogP contribution in [0, 0.1) is 6.92 Å². The molecule has 5 rings (SSSR count). The van der Waals surface area contributed by atoms with Crippen molar-refractivity contribution in [1.82, 2.24) is 19.8 Å². The smallest absolute Gasteiger partial charge is 0.236 e. The Morgan fingerprint density at radius 1 is 0.812 bits per heavy atom. The fourth-order valence-corrected chi connectivity index (χ4v) is 3.81. The van der Waals surface area contributed by atoms with Crippen LogP contribution >= 0.6 is 0 Å². The number of fused-ring (bicyclic) bond motifs is 1. The molecule has 2 heterocycles. The number of aromatic nitrogens is 4. The van der Waals surface area contributed by atoms with Gasteiger partial charge in [-0.1, -0.05) is 72.8 Å². The summed E-state index contributed by atoms with van der Waals surface area (Å²) in [5.74, 6) is 0.229. The molecular weight excluding hydrogens is 398 g/mol. The molecule has 0 fully saturated rings. The number of nitrogens with zero attached hydrogens (tertiary/aromatic N) is 4. The van der Waals surface area contributed by atoms with Crippen molar-refractivity contribution in [3.05, 3.63) is 114 Å². The van der Waals surface area contributed by atoms with Gasteiger partial charge in [-0.2, -0.15) is 9.61 Å². The molecule has 0 aliphatic rings. The molecule has 156 valence electrons. The summed E-state index contributed by atoms with van der Waals surface area (Å²) in [6.07, 6.45) is 0. The third-order valence-corrected chi connectivity index (χ3v) is 5.37. The molecule has 1 amide bonds. The second-order valence-electron chi connectivity index (χ2n) is 7.56. The first-order valence-electron chi connectivity index (χ1n) is 10.4. The van der Waals surface area contributed by atoms with Gasteiger partial charge in [-0.15, -0.1) is 10.2 Å². The Balaban J connectivity index is 1.46. The molecule has 0 aliphatic carbocycles. The van der Waals surface area contributed by atoms with Crippen LogP contribution in [0.5, 0.6) is 0 Å². The molecule has 3 aromatic carbocycles. The number of hydrogen-bond donors (Lipinski definition) is 1. The topological polar surface area (TPSA) is 72.2 Å². The largest absolute Gasteiger partial charge is 0.325 e. The van der Waals surface area contributed by atoms with Gasteiger partial charge in [-0.3, -0.25) is 4.79 Å². The van der Waals surface area contributed by atoms with E-state index < -0.39 is 5.92 Å². The molecule has 6 heteroatoms. The first-order valence-corrected chi connectivity index (χ1v) is 10.4. The summed E-state index contributed by atoms with van der Waals surface area (Å²) < 4.78 is 1.71. The summed E-state index contributed by atoms with van der Waals surface area (Å²) >= 11 is 0. The quantitative estimate of drug-likeness (QED) is 0.441. The number of aryl methyl sites for hydroxylation is 1. The second kappa shape index (κ2) is 8.43. The fourth-order valence-electron chi connectivity index (χ4n) is 3.81. The molecule has 0 saturated heterocycles. The van der Waals surface area contributed by atoms with E-state index in [2.05, 4.69) is 20.6 Å². The highest BCUT2D eigenvalue weighted by Gasteiger charge is 2.22. The fraction of sp³-hybridized carbons (Fsp3) is 0.0769. The predicted octanol–water partition coefficient (Wildman–Crippen LogP) is 4.87. The van der Waals surface area contributed by atoms with Crippen molar-refractivity contribution >= 4 is 17.2 Å². The van der Waals surface area contributed by atoms with Gasteiger partial charge in [0.25, 0.3) is 0 Å². The van der Waals surface area contributed by atoms with Crippen molar-refractivity contribution in [2.45, 2.75) is 12.8 Å². The first kappa shape index (κ1) is 19.6. The lowest BCUT2D eigenvalue weighted by Crippen LogP contribution is -2.22. The summed E-state index contributed by atoms with van der Waals surface area (Å²) in [5.41, 5.74) is 4.98. The second-order valence-corrected chi connectivity index (χ2v) is 7.56. The molecule has 2 aromatic heterocycles. The van der Waals surface area contributed by atoms with Gasteiger partial charge in [0.2, 0.25) is 5.91 Å². The molecule has 0 saturated carbocycles. The summed E-state index contributed by atoms with van der Waals surface area (Å²) in [4.78, 5) is 13.4. The van der Waals surface area contributed by atoms with Crippen LogP contribution in [0.4, 0.5) is 5.69 Å². The van der Waals surface area contributed by atoms with E-state index >= 15 is 0 Å². The molecule has 0 aliphatic heterocycles. The number of nitrogens with one attached hydrogen (secondary N) is 1. The summed E-state index contributed by atoms with van der Waals surface area (Å²) in [6.45, 7) is 1.86. The van der Waals surface area contributed by atoms with E-state index in [4.69, 9.17) is 0 Å². The zero-order chi connectivity index (χ0) is 21.9. The van der Waals surface area contributed by atoms with Gasteiger partial charge in [-0.25, -0.2) is 0 Å². The van der Waals surface area contributed by atoms with Crippen molar-refractivity contribution < 1.29 is 4.79 Å². The Morgan fingerprint density at radius 3 is 2.19 bits per heavy atom.